The van der Waals surface area contributed by atoms with Crippen molar-refractivity contribution in [2.45, 2.75) is 39.2 Å². The Labute approximate surface area is 111 Å². The minimum absolute atomic E-state index is 0.422. The van der Waals surface area contributed by atoms with Crippen LogP contribution in [0.4, 0.5) is 0 Å². The smallest absolute Gasteiger partial charge is 0.0356 e. The van der Waals surface area contributed by atoms with Crippen molar-refractivity contribution in [3.63, 3.8) is 0 Å². The second kappa shape index (κ2) is 6.42. The summed E-state index contributed by atoms with van der Waals surface area (Å²) in [5, 5.41) is 0. The summed E-state index contributed by atoms with van der Waals surface area (Å²) in [5.74, 6) is 1.28. The van der Waals surface area contributed by atoms with Crippen molar-refractivity contribution in [3.8, 4) is 0 Å². The molecule has 96 valence electrons. The highest BCUT2D eigenvalue weighted by Gasteiger charge is 2.16. The van der Waals surface area contributed by atoms with Crippen molar-refractivity contribution in [1.82, 2.24) is 4.90 Å². The van der Waals surface area contributed by atoms with E-state index in [0.29, 0.717) is 17.8 Å². The van der Waals surface area contributed by atoms with Crippen LogP contribution < -0.4 is 0 Å². The van der Waals surface area contributed by atoms with Crippen molar-refractivity contribution >= 4 is 11.6 Å². The normalized spacial score (nSPS) is 13.4. The van der Waals surface area contributed by atoms with E-state index in [9.17, 15) is 0 Å². The summed E-state index contributed by atoms with van der Waals surface area (Å²) >= 11 is 5.92. The summed E-state index contributed by atoms with van der Waals surface area (Å²) in [6.07, 6.45) is 0.997. The van der Waals surface area contributed by atoms with Gasteiger partial charge in [0.05, 0.1) is 0 Å². The molecule has 1 rings (SSSR count). The lowest BCUT2D eigenvalue weighted by molar-refractivity contribution is 0.292. The molecule has 1 aromatic carbocycles. The number of alkyl halides is 1. The summed E-state index contributed by atoms with van der Waals surface area (Å²) in [4.78, 5) is 2.26. The fraction of sp³-hybridized carbons (Fsp3) is 0.600. The van der Waals surface area contributed by atoms with E-state index < -0.39 is 0 Å². The zero-order valence-corrected chi connectivity index (χ0v) is 12.4. The molecule has 0 aliphatic heterocycles. The molecule has 0 bridgehead atoms. The average Bonchev–Trinajstić information content (AvgIpc) is 2.26. The second-order valence-corrected chi connectivity index (χ2v) is 5.61. The van der Waals surface area contributed by atoms with Crippen LogP contribution in [-0.2, 0) is 0 Å². The third kappa shape index (κ3) is 3.72. The molecule has 0 heterocycles. The van der Waals surface area contributed by atoms with Crippen molar-refractivity contribution in [2.24, 2.45) is 0 Å². The van der Waals surface area contributed by atoms with Gasteiger partial charge in [0.2, 0.25) is 0 Å². The highest BCUT2D eigenvalue weighted by atomic mass is 35.5. The first-order chi connectivity index (χ1) is 7.97. The number of rotatable bonds is 5. The number of aryl methyl sites for hydroxylation is 1. The van der Waals surface area contributed by atoms with E-state index in [-0.39, 0.29) is 0 Å². The van der Waals surface area contributed by atoms with Crippen LogP contribution >= 0.6 is 11.6 Å². The average molecular weight is 254 g/mol. The molecule has 0 spiro atoms. The highest BCUT2D eigenvalue weighted by Crippen LogP contribution is 2.28. The topological polar surface area (TPSA) is 3.24 Å². The minimum atomic E-state index is 0.422. The molecular weight excluding hydrogens is 230 g/mol. The maximum Gasteiger partial charge on any atom is 0.0356 e. The van der Waals surface area contributed by atoms with Crippen LogP contribution in [0.15, 0.2) is 18.2 Å². The Morgan fingerprint density at radius 1 is 1.24 bits per heavy atom. The molecule has 0 fully saturated rings. The lowest BCUT2D eigenvalue weighted by Gasteiger charge is -2.26. The van der Waals surface area contributed by atoms with Gasteiger partial charge in [-0.05, 0) is 50.0 Å². The standard InChI is InChI=1S/C15H24ClN/c1-11(2)13-7-6-12(3)14(10-13)15(8-9-16)17(4)5/h6-7,10-11,15H,8-9H2,1-5H3. The fourth-order valence-electron chi connectivity index (χ4n) is 2.17. The molecule has 1 aromatic rings. The van der Waals surface area contributed by atoms with E-state index in [1.807, 2.05) is 0 Å². The molecule has 0 radical (unpaired) electrons. The van der Waals surface area contributed by atoms with E-state index in [1.54, 1.807) is 0 Å². The summed E-state index contributed by atoms with van der Waals surface area (Å²) < 4.78 is 0. The molecule has 0 N–H and O–H groups in total. The molecule has 0 saturated heterocycles. The molecule has 0 saturated carbocycles. The Hall–Kier alpha value is -0.530. The van der Waals surface area contributed by atoms with E-state index >= 15 is 0 Å². The Morgan fingerprint density at radius 2 is 1.88 bits per heavy atom. The number of hydrogen-bond acceptors (Lipinski definition) is 1. The third-order valence-corrected chi connectivity index (χ3v) is 3.55. The van der Waals surface area contributed by atoms with Crippen LogP contribution in [-0.4, -0.2) is 24.9 Å². The maximum atomic E-state index is 5.92. The van der Waals surface area contributed by atoms with Gasteiger partial charge in [-0.3, -0.25) is 0 Å². The quantitative estimate of drug-likeness (QED) is 0.706. The van der Waals surface area contributed by atoms with Gasteiger partial charge >= 0.3 is 0 Å². The molecule has 0 aliphatic rings. The van der Waals surface area contributed by atoms with Crippen LogP contribution in [0.25, 0.3) is 0 Å². The van der Waals surface area contributed by atoms with Gasteiger partial charge in [-0.2, -0.15) is 0 Å². The van der Waals surface area contributed by atoms with Crippen LogP contribution in [0.2, 0.25) is 0 Å². The Bertz CT molecular complexity index is 358. The third-order valence-electron chi connectivity index (χ3n) is 3.33. The van der Waals surface area contributed by atoms with Crippen LogP contribution in [0.3, 0.4) is 0 Å². The molecule has 0 aromatic heterocycles. The van der Waals surface area contributed by atoms with Gasteiger partial charge in [-0.1, -0.05) is 32.0 Å². The van der Waals surface area contributed by atoms with E-state index in [2.05, 4.69) is 58.0 Å². The second-order valence-electron chi connectivity index (χ2n) is 5.23. The zero-order valence-electron chi connectivity index (χ0n) is 11.6. The Balaban J connectivity index is 3.12. The van der Waals surface area contributed by atoms with Gasteiger partial charge in [0.1, 0.15) is 0 Å². The first-order valence-corrected chi connectivity index (χ1v) is 6.83. The summed E-state index contributed by atoms with van der Waals surface area (Å²) in [5.41, 5.74) is 4.19. The van der Waals surface area contributed by atoms with Crippen LogP contribution in [0, 0.1) is 6.92 Å². The van der Waals surface area contributed by atoms with E-state index in [0.717, 1.165) is 6.42 Å². The predicted molar refractivity (Wildman–Crippen MR) is 77.0 cm³/mol. The van der Waals surface area contributed by atoms with Gasteiger partial charge in [-0.25, -0.2) is 0 Å². The SMILES string of the molecule is Cc1ccc(C(C)C)cc1C(CCCl)N(C)C. The molecule has 17 heavy (non-hydrogen) atoms. The Kier molecular flexibility index (Phi) is 5.48. The molecular formula is C15H24ClN. The highest BCUT2D eigenvalue weighted by molar-refractivity contribution is 6.17. The van der Waals surface area contributed by atoms with Gasteiger partial charge < -0.3 is 4.90 Å². The van der Waals surface area contributed by atoms with Crippen molar-refractivity contribution in [1.29, 1.82) is 0 Å². The predicted octanol–water partition coefficient (Wildman–Crippen LogP) is 4.35. The molecule has 2 heteroatoms. The van der Waals surface area contributed by atoms with Crippen molar-refractivity contribution < 1.29 is 0 Å². The zero-order chi connectivity index (χ0) is 13.0. The lowest BCUT2D eigenvalue weighted by atomic mass is 9.92. The number of benzene rings is 1. The molecule has 0 aliphatic carbocycles. The van der Waals surface area contributed by atoms with E-state index in [1.165, 1.54) is 16.7 Å². The number of halogens is 1. The number of hydrogen-bond donors (Lipinski definition) is 0. The van der Waals surface area contributed by atoms with Crippen molar-refractivity contribution in [2.75, 3.05) is 20.0 Å². The summed E-state index contributed by atoms with van der Waals surface area (Å²) in [6, 6.07) is 7.23. The molecule has 1 unspecified atom stereocenters. The molecule has 1 atom stereocenters. The first kappa shape index (κ1) is 14.5. The first-order valence-electron chi connectivity index (χ1n) is 6.30. The van der Waals surface area contributed by atoms with Gasteiger partial charge in [0, 0.05) is 11.9 Å². The minimum Gasteiger partial charge on any atom is -0.302 e. The molecule has 0 amide bonds. The number of nitrogens with zero attached hydrogens (tertiary/aromatic N) is 1. The maximum absolute atomic E-state index is 5.92. The van der Waals surface area contributed by atoms with Gasteiger partial charge in [0.25, 0.3) is 0 Å². The summed E-state index contributed by atoms with van der Waals surface area (Å²) in [7, 11) is 4.25. The largest absolute Gasteiger partial charge is 0.302 e. The monoisotopic (exact) mass is 253 g/mol. The van der Waals surface area contributed by atoms with E-state index in [4.69, 9.17) is 11.6 Å². The van der Waals surface area contributed by atoms with Gasteiger partial charge in [0.15, 0.2) is 0 Å². The molecule has 1 nitrogen and oxygen atoms in total. The Morgan fingerprint density at radius 3 is 2.35 bits per heavy atom. The van der Waals surface area contributed by atoms with Crippen molar-refractivity contribution in [3.05, 3.63) is 34.9 Å². The van der Waals surface area contributed by atoms with Gasteiger partial charge in [-0.15, -0.1) is 11.6 Å². The summed E-state index contributed by atoms with van der Waals surface area (Å²) in [6.45, 7) is 6.66. The fourth-order valence-corrected chi connectivity index (χ4v) is 2.38. The lowest BCUT2D eigenvalue weighted by Crippen LogP contribution is -2.21. The van der Waals surface area contributed by atoms with Crippen LogP contribution in [0.5, 0.6) is 0 Å². The van der Waals surface area contributed by atoms with Crippen LogP contribution in [0.1, 0.15) is 48.9 Å².